The number of hydrogen-bond acceptors (Lipinski definition) is 4. The second kappa shape index (κ2) is 7.51. The zero-order valence-corrected chi connectivity index (χ0v) is 15.9. The third-order valence-corrected chi connectivity index (χ3v) is 5.33. The highest BCUT2D eigenvalue weighted by molar-refractivity contribution is 5.95. The van der Waals surface area contributed by atoms with Crippen molar-refractivity contribution in [1.82, 2.24) is 4.90 Å². The van der Waals surface area contributed by atoms with Crippen LogP contribution in [0.2, 0.25) is 0 Å². The van der Waals surface area contributed by atoms with Crippen LogP contribution >= 0.6 is 0 Å². The van der Waals surface area contributed by atoms with Crippen LogP contribution in [0.5, 0.6) is 17.2 Å². The average Bonchev–Trinajstić information content (AvgIpc) is 3.06. The molecule has 1 saturated heterocycles. The zero-order chi connectivity index (χ0) is 18.8. The molecule has 1 amide bonds. The Kier molecular flexibility index (Phi) is 4.92. The van der Waals surface area contributed by atoms with Gasteiger partial charge in [-0.3, -0.25) is 4.79 Å². The lowest BCUT2D eigenvalue weighted by molar-refractivity contribution is 0.0735. The van der Waals surface area contributed by atoms with Crippen LogP contribution in [-0.4, -0.2) is 37.7 Å². The highest BCUT2D eigenvalue weighted by Gasteiger charge is 2.31. The minimum atomic E-state index is 0.0444. The van der Waals surface area contributed by atoms with Gasteiger partial charge in [0.25, 0.3) is 5.91 Å². The lowest BCUT2D eigenvalue weighted by atomic mass is 10.0. The van der Waals surface area contributed by atoms with Gasteiger partial charge in [-0.15, -0.1) is 0 Å². The van der Waals surface area contributed by atoms with Gasteiger partial charge in [0.05, 0.1) is 26.4 Å². The van der Waals surface area contributed by atoms with Crippen molar-refractivity contribution < 1.29 is 19.0 Å². The highest BCUT2D eigenvalue weighted by atomic mass is 16.5. The molecule has 2 aliphatic rings. The van der Waals surface area contributed by atoms with Crippen LogP contribution in [0.4, 0.5) is 0 Å². The molecule has 0 aromatic heterocycles. The van der Waals surface area contributed by atoms with E-state index in [0.717, 1.165) is 54.2 Å². The van der Waals surface area contributed by atoms with E-state index in [9.17, 15) is 4.79 Å². The fraction of sp³-hybridized carbons (Fsp3) is 0.409. The number of benzene rings is 2. The highest BCUT2D eigenvalue weighted by Crippen LogP contribution is 2.38. The molecule has 5 nitrogen and oxygen atoms in total. The predicted octanol–water partition coefficient (Wildman–Crippen LogP) is 4.14. The number of amides is 1. The van der Waals surface area contributed by atoms with Gasteiger partial charge < -0.3 is 19.1 Å². The van der Waals surface area contributed by atoms with E-state index in [1.807, 2.05) is 42.2 Å². The van der Waals surface area contributed by atoms with Gasteiger partial charge in [0.15, 0.2) is 11.5 Å². The van der Waals surface area contributed by atoms with Crippen LogP contribution < -0.4 is 14.2 Å². The minimum absolute atomic E-state index is 0.0444. The number of fused-ring (bicyclic) bond motifs is 1. The fourth-order valence-corrected chi connectivity index (χ4v) is 3.86. The quantitative estimate of drug-likeness (QED) is 0.818. The van der Waals surface area contributed by atoms with E-state index >= 15 is 0 Å². The van der Waals surface area contributed by atoms with Gasteiger partial charge in [-0.05, 0) is 55.2 Å². The molecule has 2 aliphatic heterocycles. The molecule has 0 unspecified atom stereocenters. The molecule has 27 heavy (non-hydrogen) atoms. The van der Waals surface area contributed by atoms with E-state index in [-0.39, 0.29) is 11.9 Å². The summed E-state index contributed by atoms with van der Waals surface area (Å²) in [7, 11) is 1.63. The first-order valence-electron chi connectivity index (χ1n) is 9.52. The standard InChI is InChI=1S/C22H25NO4/c1-15-6-7-17(14-20(15)25-2)22(24)23-10-3-5-18(23)16-8-9-19-21(13-16)27-12-4-11-26-19/h6-9,13-14,18H,3-5,10-12H2,1-2H3/t18-/m0/s1. The van der Waals surface area contributed by atoms with Gasteiger partial charge in [-0.1, -0.05) is 12.1 Å². The molecule has 2 aromatic carbocycles. The molecule has 0 bridgehead atoms. The number of aryl methyl sites for hydroxylation is 1. The summed E-state index contributed by atoms with van der Waals surface area (Å²) in [5, 5.41) is 0. The van der Waals surface area contributed by atoms with E-state index in [0.29, 0.717) is 18.8 Å². The summed E-state index contributed by atoms with van der Waals surface area (Å²) in [6, 6.07) is 11.8. The van der Waals surface area contributed by atoms with Gasteiger partial charge in [-0.2, -0.15) is 0 Å². The Hall–Kier alpha value is -2.69. The number of hydrogen-bond donors (Lipinski definition) is 0. The molecule has 1 atom stereocenters. The molecular weight excluding hydrogens is 342 g/mol. The Bertz CT molecular complexity index is 848. The van der Waals surface area contributed by atoms with Crippen LogP contribution in [0.3, 0.4) is 0 Å². The first kappa shape index (κ1) is 17.7. The van der Waals surface area contributed by atoms with E-state index in [4.69, 9.17) is 14.2 Å². The van der Waals surface area contributed by atoms with Crippen LogP contribution in [0, 0.1) is 6.92 Å². The van der Waals surface area contributed by atoms with E-state index in [1.54, 1.807) is 7.11 Å². The van der Waals surface area contributed by atoms with Gasteiger partial charge in [-0.25, -0.2) is 0 Å². The Labute approximate surface area is 159 Å². The molecule has 0 saturated carbocycles. The fourth-order valence-electron chi connectivity index (χ4n) is 3.86. The lowest BCUT2D eigenvalue weighted by Crippen LogP contribution is -2.30. The summed E-state index contributed by atoms with van der Waals surface area (Å²) in [5.41, 5.74) is 2.79. The van der Waals surface area contributed by atoms with Crippen molar-refractivity contribution in [3.63, 3.8) is 0 Å². The van der Waals surface area contributed by atoms with E-state index < -0.39 is 0 Å². The Morgan fingerprint density at radius 2 is 1.89 bits per heavy atom. The molecule has 0 aliphatic carbocycles. The summed E-state index contributed by atoms with van der Waals surface area (Å²) < 4.78 is 16.9. The number of rotatable bonds is 3. The molecular formula is C22H25NO4. The lowest BCUT2D eigenvalue weighted by Gasteiger charge is -2.26. The maximum atomic E-state index is 13.2. The normalized spacial score (nSPS) is 18.9. The molecule has 142 valence electrons. The molecule has 2 heterocycles. The molecule has 4 rings (SSSR count). The number of carbonyl (C=O) groups excluding carboxylic acids is 1. The third-order valence-electron chi connectivity index (χ3n) is 5.33. The number of methoxy groups -OCH3 is 1. The minimum Gasteiger partial charge on any atom is -0.496 e. The van der Waals surface area contributed by atoms with Crippen molar-refractivity contribution in [2.24, 2.45) is 0 Å². The number of ether oxygens (including phenoxy) is 3. The largest absolute Gasteiger partial charge is 0.496 e. The maximum absolute atomic E-state index is 13.2. The van der Waals surface area contributed by atoms with Crippen molar-refractivity contribution >= 4 is 5.91 Å². The smallest absolute Gasteiger partial charge is 0.254 e. The van der Waals surface area contributed by atoms with Crippen LogP contribution in [0.15, 0.2) is 36.4 Å². The molecule has 0 N–H and O–H groups in total. The molecule has 0 radical (unpaired) electrons. The summed E-state index contributed by atoms with van der Waals surface area (Å²) >= 11 is 0. The van der Waals surface area contributed by atoms with E-state index in [2.05, 4.69) is 6.07 Å². The van der Waals surface area contributed by atoms with Crippen LogP contribution in [0.25, 0.3) is 0 Å². The van der Waals surface area contributed by atoms with Crippen molar-refractivity contribution in [2.75, 3.05) is 26.9 Å². The summed E-state index contributed by atoms with van der Waals surface area (Å²) in [4.78, 5) is 15.1. The van der Waals surface area contributed by atoms with Crippen LogP contribution in [-0.2, 0) is 0 Å². The number of carbonyl (C=O) groups is 1. The Morgan fingerprint density at radius 3 is 2.70 bits per heavy atom. The van der Waals surface area contributed by atoms with Gasteiger partial charge >= 0.3 is 0 Å². The number of nitrogens with zero attached hydrogens (tertiary/aromatic N) is 1. The first-order valence-corrected chi connectivity index (χ1v) is 9.52. The second-order valence-electron chi connectivity index (χ2n) is 7.10. The molecule has 2 aromatic rings. The van der Waals surface area contributed by atoms with Gasteiger partial charge in [0, 0.05) is 18.5 Å². The summed E-state index contributed by atoms with van der Waals surface area (Å²) in [6.07, 6.45) is 2.83. The summed E-state index contributed by atoms with van der Waals surface area (Å²) in [5.74, 6) is 2.35. The first-order chi connectivity index (χ1) is 13.2. The average molecular weight is 367 g/mol. The summed E-state index contributed by atoms with van der Waals surface area (Å²) in [6.45, 7) is 4.07. The van der Waals surface area contributed by atoms with Crippen molar-refractivity contribution in [1.29, 1.82) is 0 Å². The van der Waals surface area contributed by atoms with Crippen LogP contribution in [0.1, 0.15) is 46.8 Å². The van der Waals surface area contributed by atoms with Crippen molar-refractivity contribution in [3.8, 4) is 17.2 Å². The number of likely N-dealkylation sites (tertiary alicyclic amines) is 1. The third kappa shape index (κ3) is 3.46. The van der Waals surface area contributed by atoms with Gasteiger partial charge in [0.1, 0.15) is 5.75 Å². The second-order valence-corrected chi connectivity index (χ2v) is 7.10. The Morgan fingerprint density at radius 1 is 1.07 bits per heavy atom. The molecule has 1 fully saturated rings. The monoisotopic (exact) mass is 367 g/mol. The SMILES string of the molecule is COc1cc(C(=O)N2CCC[C@H]2c2ccc3c(c2)OCCCO3)ccc1C. The predicted molar refractivity (Wildman–Crippen MR) is 103 cm³/mol. The van der Waals surface area contributed by atoms with E-state index in [1.165, 1.54) is 0 Å². The Balaban J connectivity index is 1.61. The topological polar surface area (TPSA) is 48.0 Å². The molecule has 0 spiro atoms. The maximum Gasteiger partial charge on any atom is 0.254 e. The van der Waals surface area contributed by atoms with Gasteiger partial charge in [0.2, 0.25) is 0 Å². The van der Waals surface area contributed by atoms with Crippen molar-refractivity contribution in [3.05, 3.63) is 53.1 Å². The van der Waals surface area contributed by atoms with Crippen molar-refractivity contribution in [2.45, 2.75) is 32.2 Å². The molecule has 5 heteroatoms. The zero-order valence-electron chi connectivity index (χ0n) is 15.9.